The van der Waals surface area contributed by atoms with Crippen molar-refractivity contribution in [3.8, 4) is 23.1 Å². The molecule has 0 bridgehead atoms. The fourth-order valence-corrected chi connectivity index (χ4v) is 3.66. The number of aryl methyl sites for hydroxylation is 1. The van der Waals surface area contributed by atoms with Gasteiger partial charge in [0.05, 0.1) is 30.9 Å². The molecular weight excluding hydrogens is 451 g/mol. The number of rotatable bonds is 10. The molecule has 10 heteroatoms. The van der Waals surface area contributed by atoms with Crippen LogP contribution in [0.3, 0.4) is 0 Å². The first kappa shape index (κ1) is 25.4. The maximum Gasteiger partial charge on any atom is 0.416 e. The van der Waals surface area contributed by atoms with Crippen LogP contribution in [0.5, 0.6) is 23.1 Å². The van der Waals surface area contributed by atoms with E-state index in [2.05, 4.69) is 15.8 Å². The second kappa shape index (κ2) is 10.8. The Morgan fingerprint density at radius 2 is 1.88 bits per heavy atom. The highest BCUT2D eigenvalue weighted by atomic mass is 19.4. The standard InChI is InChI=1S/C24H28F3N3O4/c1-14-11-20(33-4)30-22-18(29-15(2)7-6-10-28-31)13-19(32-3)23(21(14)22)34-17-9-5-8-16(12-17)24(25,26)27/h5,8-9,11-13,15,28-29,31H,6-7,10H2,1-4H3. The third-order valence-corrected chi connectivity index (χ3v) is 5.31. The van der Waals surface area contributed by atoms with Gasteiger partial charge >= 0.3 is 6.18 Å². The number of hydrogen-bond donors (Lipinski definition) is 3. The van der Waals surface area contributed by atoms with E-state index in [1.54, 1.807) is 12.1 Å². The molecule has 184 valence electrons. The molecule has 7 nitrogen and oxygen atoms in total. The van der Waals surface area contributed by atoms with Gasteiger partial charge in [0, 0.05) is 24.7 Å². The first-order valence-corrected chi connectivity index (χ1v) is 10.7. The zero-order chi connectivity index (χ0) is 24.9. The van der Waals surface area contributed by atoms with Gasteiger partial charge in [0.15, 0.2) is 11.5 Å². The third-order valence-electron chi connectivity index (χ3n) is 5.31. The minimum absolute atomic E-state index is 0.0234. The summed E-state index contributed by atoms with van der Waals surface area (Å²) in [7, 11) is 2.97. The molecule has 1 aromatic heterocycles. The average molecular weight is 479 g/mol. The predicted molar refractivity (Wildman–Crippen MR) is 123 cm³/mol. The minimum atomic E-state index is -4.49. The molecule has 1 heterocycles. The van der Waals surface area contributed by atoms with Crippen LogP contribution in [0.4, 0.5) is 18.9 Å². The summed E-state index contributed by atoms with van der Waals surface area (Å²) in [6.07, 6.45) is -2.99. The summed E-state index contributed by atoms with van der Waals surface area (Å²) in [5, 5.41) is 12.8. The Labute approximate surface area is 195 Å². The summed E-state index contributed by atoms with van der Waals surface area (Å²) >= 11 is 0. The lowest BCUT2D eigenvalue weighted by molar-refractivity contribution is -0.137. The minimum Gasteiger partial charge on any atom is -0.493 e. The lowest BCUT2D eigenvalue weighted by Gasteiger charge is -2.21. The molecule has 2 aromatic carbocycles. The Bertz CT molecular complexity index is 1140. The van der Waals surface area contributed by atoms with Crippen LogP contribution >= 0.6 is 0 Å². The molecule has 34 heavy (non-hydrogen) atoms. The van der Waals surface area contributed by atoms with Crippen molar-refractivity contribution in [1.82, 2.24) is 10.5 Å². The van der Waals surface area contributed by atoms with Gasteiger partial charge in [0.2, 0.25) is 5.88 Å². The van der Waals surface area contributed by atoms with E-state index in [9.17, 15) is 13.2 Å². The number of hydrogen-bond acceptors (Lipinski definition) is 7. The van der Waals surface area contributed by atoms with Crippen LogP contribution in [0.25, 0.3) is 10.9 Å². The molecular formula is C24H28F3N3O4. The van der Waals surface area contributed by atoms with Crippen molar-refractivity contribution in [3.63, 3.8) is 0 Å². The third kappa shape index (κ3) is 5.81. The quantitative estimate of drug-likeness (QED) is 0.245. The van der Waals surface area contributed by atoms with Crippen molar-refractivity contribution in [2.75, 3.05) is 26.1 Å². The molecule has 1 atom stereocenters. The van der Waals surface area contributed by atoms with Crippen LogP contribution in [0.1, 0.15) is 30.9 Å². The van der Waals surface area contributed by atoms with E-state index in [0.29, 0.717) is 34.8 Å². The fourth-order valence-electron chi connectivity index (χ4n) is 3.66. The van der Waals surface area contributed by atoms with Gasteiger partial charge in [0.25, 0.3) is 0 Å². The number of nitrogens with zero attached hydrogens (tertiary/aromatic N) is 1. The van der Waals surface area contributed by atoms with E-state index in [4.69, 9.17) is 19.4 Å². The Morgan fingerprint density at radius 3 is 2.53 bits per heavy atom. The molecule has 3 aromatic rings. The van der Waals surface area contributed by atoms with Gasteiger partial charge < -0.3 is 24.7 Å². The van der Waals surface area contributed by atoms with E-state index in [0.717, 1.165) is 30.5 Å². The normalized spacial score (nSPS) is 12.5. The number of methoxy groups -OCH3 is 2. The lowest BCUT2D eigenvalue weighted by Crippen LogP contribution is -2.18. The van der Waals surface area contributed by atoms with Crippen LogP contribution in [-0.2, 0) is 6.18 Å². The molecule has 0 aliphatic rings. The smallest absolute Gasteiger partial charge is 0.416 e. The SMILES string of the molecule is COc1cc(C)c2c(Oc3cccc(C(F)(F)F)c3)c(OC)cc(NC(C)CCCNO)c2n1. The van der Waals surface area contributed by atoms with Crippen molar-refractivity contribution in [1.29, 1.82) is 0 Å². The number of alkyl halides is 3. The van der Waals surface area contributed by atoms with E-state index in [-0.39, 0.29) is 17.5 Å². The summed E-state index contributed by atoms with van der Waals surface area (Å²) in [6, 6.07) is 8.14. The second-order valence-corrected chi connectivity index (χ2v) is 7.88. The van der Waals surface area contributed by atoms with Gasteiger partial charge in [0.1, 0.15) is 11.3 Å². The fraction of sp³-hybridized carbons (Fsp3) is 0.375. The number of pyridine rings is 1. The number of benzene rings is 2. The van der Waals surface area contributed by atoms with E-state index in [1.165, 1.54) is 26.4 Å². The topological polar surface area (TPSA) is 84.9 Å². The number of anilines is 1. The van der Waals surface area contributed by atoms with Crippen molar-refractivity contribution in [2.24, 2.45) is 0 Å². The second-order valence-electron chi connectivity index (χ2n) is 7.88. The van der Waals surface area contributed by atoms with Gasteiger partial charge in [-0.2, -0.15) is 13.2 Å². The molecule has 1 unspecified atom stereocenters. The van der Waals surface area contributed by atoms with Crippen molar-refractivity contribution in [2.45, 2.75) is 38.9 Å². The first-order valence-electron chi connectivity index (χ1n) is 10.7. The van der Waals surface area contributed by atoms with Crippen LogP contribution in [0.2, 0.25) is 0 Å². The zero-order valence-corrected chi connectivity index (χ0v) is 19.4. The van der Waals surface area contributed by atoms with Gasteiger partial charge in [-0.25, -0.2) is 10.5 Å². The van der Waals surface area contributed by atoms with Crippen molar-refractivity contribution >= 4 is 16.6 Å². The highest BCUT2D eigenvalue weighted by Gasteiger charge is 2.31. The summed E-state index contributed by atoms with van der Waals surface area (Å²) in [5.74, 6) is 1.01. The molecule has 0 amide bonds. The molecule has 3 rings (SSSR count). The monoisotopic (exact) mass is 479 g/mol. The van der Waals surface area contributed by atoms with Gasteiger partial charge in [-0.3, -0.25) is 0 Å². The number of aromatic nitrogens is 1. The highest BCUT2D eigenvalue weighted by Crippen LogP contribution is 2.45. The highest BCUT2D eigenvalue weighted by molar-refractivity contribution is 6.00. The van der Waals surface area contributed by atoms with Crippen molar-refractivity contribution in [3.05, 3.63) is 47.5 Å². The summed E-state index contributed by atoms with van der Waals surface area (Å²) < 4.78 is 56.5. The summed E-state index contributed by atoms with van der Waals surface area (Å²) in [4.78, 5) is 4.59. The molecule has 0 radical (unpaired) electrons. The summed E-state index contributed by atoms with van der Waals surface area (Å²) in [5.41, 5.74) is 3.28. The Hall–Kier alpha value is -3.24. The first-order chi connectivity index (χ1) is 16.2. The maximum absolute atomic E-state index is 13.2. The van der Waals surface area contributed by atoms with Gasteiger partial charge in [-0.05, 0) is 50.5 Å². The van der Waals surface area contributed by atoms with Crippen LogP contribution < -0.4 is 25.0 Å². The molecule has 0 saturated heterocycles. The van der Waals surface area contributed by atoms with Crippen LogP contribution in [-0.4, -0.2) is 37.0 Å². The molecule has 3 N–H and O–H groups in total. The van der Waals surface area contributed by atoms with Gasteiger partial charge in [-0.15, -0.1) is 0 Å². The molecule has 0 aliphatic heterocycles. The lowest BCUT2D eigenvalue weighted by atomic mass is 10.1. The molecule has 0 aliphatic carbocycles. The van der Waals surface area contributed by atoms with E-state index < -0.39 is 11.7 Å². The number of ether oxygens (including phenoxy) is 3. The Balaban J connectivity index is 2.12. The van der Waals surface area contributed by atoms with Gasteiger partial charge in [-0.1, -0.05) is 6.07 Å². The summed E-state index contributed by atoms with van der Waals surface area (Å²) in [6.45, 7) is 4.30. The Morgan fingerprint density at radius 1 is 1.12 bits per heavy atom. The number of hydroxylamine groups is 1. The molecule has 0 fully saturated rings. The van der Waals surface area contributed by atoms with E-state index >= 15 is 0 Å². The number of nitrogens with one attached hydrogen (secondary N) is 2. The number of halogens is 3. The molecule has 0 spiro atoms. The van der Waals surface area contributed by atoms with Crippen LogP contribution in [0.15, 0.2) is 36.4 Å². The van der Waals surface area contributed by atoms with Crippen LogP contribution in [0, 0.1) is 6.92 Å². The predicted octanol–water partition coefficient (Wildman–Crippen LogP) is 5.93. The maximum atomic E-state index is 13.2. The van der Waals surface area contributed by atoms with E-state index in [1.807, 2.05) is 13.8 Å². The van der Waals surface area contributed by atoms with Crippen molar-refractivity contribution < 1.29 is 32.6 Å². The molecule has 0 saturated carbocycles. The zero-order valence-electron chi connectivity index (χ0n) is 19.4. The number of fused-ring (bicyclic) bond motifs is 1. The largest absolute Gasteiger partial charge is 0.493 e. The Kier molecular flexibility index (Phi) is 8.06. The average Bonchev–Trinajstić information content (AvgIpc) is 2.80.